The lowest BCUT2D eigenvalue weighted by Gasteiger charge is -2.16. The van der Waals surface area contributed by atoms with Crippen molar-refractivity contribution in [1.29, 1.82) is 0 Å². The number of likely N-dealkylation sites (N-methyl/N-ethyl adjacent to an activating group) is 1. The van der Waals surface area contributed by atoms with Gasteiger partial charge in [-0.1, -0.05) is 12.1 Å². The molecule has 4 aromatic rings. The van der Waals surface area contributed by atoms with Gasteiger partial charge in [0.05, 0.1) is 23.2 Å². The summed E-state index contributed by atoms with van der Waals surface area (Å²) in [6, 6.07) is 6.53. The van der Waals surface area contributed by atoms with E-state index in [4.69, 9.17) is 10.5 Å². The monoisotopic (exact) mass is 490 g/mol. The van der Waals surface area contributed by atoms with Crippen molar-refractivity contribution in [3.63, 3.8) is 0 Å². The molecule has 8 nitrogen and oxygen atoms in total. The van der Waals surface area contributed by atoms with Gasteiger partial charge in [-0.15, -0.1) is 11.3 Å². The summed E-state index contributed by atoms with van der Waals surface area (Å²) < 4.78 is 8.92. The van der Waals surface area contributed by atoms with Gasteiger partial charge in [0, 0.05) is 42.3 Å². The Morgan fingerprint density at radius 1 is 1.31 bits per heavy atom. The zero-order chi connectivity index (χ0) is 24.7. The third kappa shape index (κ3) is 4.37. The van der Waals surface area contributed by atoms with Gasteiger partial charge in [-0.25, -0.2) is 9.97 Å². The minimum Gasteiger partial charge on any atom is -0.495 e. The van der Waals surface area contributed by atoms with Crippen LogP contribution in [-0.2, 0) is 4.79 Å². The SMILES string of the molecule is COc1cc(C)cc2cc(-c3cn([C@H]4CCN(C(=O)/C=C/CN(C)C)C4)c4ncnc(N)c34)sc12. The van der Waals surface area contributed by atoms with Crippen LogP contribution in [0.3, 0.4) is 0 Å². The maximum atomic E-state index is 12.7. The molecular formula is C26H30N6O2S. The van der Waals surface area contributed by atoms with Crippen LogP contribution in [0, 0.1) is 6.92 Å². The summed E-state index contributed by atoms with van der Waals surface area (Å²) in [7, 11) is 5.67. The maximum absolute atomic E-state index is 12.7. The van der Waals surface area contributed by atoms with E-state index in [1.54, 1.807) is 24.5 Å². The topological polar surface area (TPSA) is 89.5 Å². The van der Waals surface area contributed by atoms with E-state index in [9.17, 15) is 4.79 Å². The van der Waals surface area contributed by atoms with Crippen LogP contribution in [0.1, 0.15) is 18.0 Å². The molecule has 1 saturated heterocycles. The second kappa shape index (κ2) is 9.31. The summed E-state index contributed by atoms with van der Waals surface area (Å²) in [5.74, 6) is 1.38. The summed E-state index contributed by atoms with van der Waals surface area (Å²) in [5.41, 5.74) is 9.34. The summed E-state index contributed by atoms with van der Waals surface area (Å²) in [6.45, 7) is 4.16. The molecule has 3 aromatic heterocycles. The Morgan fingerprint density at radius 3 is 2.91 bits per heavy atom. The molecule has 0 spiro atoms. The number of anilines is 1. The average molecular weight is 491 g/mol. The van der Waals surface area contributed by atoms with Crippen LogP contribution in [0.2, 0.25) is 0 Å². The second-order valence-corrected chi connectivity index (χ2v) is 10.3. The zero-order valence-electron chi connectivity index (χ0n) is 20.5. The van der Waals surface area contributed by atoms with Crippen molar-refractivity contribution < 1.29 is 9.53 Å². The highest BCUT2D eigenvalue weighted by molar-refractivity contribution is 7.22. The Bertz CT molecular complexity index is 1440. The number of fused-ring (bicyclic) bond motifs is 2. The van der Waals surface area contributed by atoms with E-state index in [2.05, 4.69) is 45.9 Å². The molecule has 0 unspecified atom stereocenters. The van der Waals surface area contributed by atoms with Crippen LogP contribution < -0.4 is 10.5 Å². The number of benzene rings is 1. The number of carbonyl (C=O) groups excluding carboxylic acids is 1. The van der Waals surface area contributed by atoms with E-state index in [-0.39, 0.29) is 11.9 Å². The number of likely N-dealkylation sites (tertiary alicyclic amines) is 1. The third-order valence-corrected chi connectivity index (χ3v) is 7.65. The van der Waals surface area contributed by atoms with Crippen LogP contribution in [0.15, 0.2) is 42.9 Å². The maximum Gasteiger partial charge on any atom is 0.246 e. The summed E-state index contributed by atoms with van der Waals surface area (Å²) in [4.78, 5) is 26.6. The first-order chi connectivity index (χ1) is 16.9. The number of ether oxygens (including phenoxy) is 1. The molecule has 0 radical (unpaired) electrons. The molecule has 4 heterocycles. The van der Waals surface area contributed by atoms with Gasteiger partial charge in [0.2, 0.25) is 5.91 Å². The molecule has 5 rings (SSSR count). The molecular weight excluding hydrogens is 460 g/mol. The number of amides is 1. The van der Waals surface area contributed by atoms with Crippen molar-refractivity contribution in [3.8, 4) is 16.2 Å². The predicted octanol–water partition coefficient (Wildman–Crippen LogP) is 4.10. The van der Waals surface area contributed by atoms with Crippen molar-refractivity contribution in [2.45, 2.75) is 19.4 Å². The van der Waals surface area contributed by atoms with E-state index >= 15 is 0 Å². The van der Waals surface area contributed by atoms with Gasteiger partial charge in [0.1, 0.15) is 23.5 Å². The number of methoxy groups -OCH3 is 1. The Labute approximate surface area is 208 Å². The largest absolute Gasteiger partial charge is 0.495 e. The van der Waals surface area contributed by atoms with E-state index in [1.165, 1.54) is 6.33 Å². The van der Waals surface area contributed by atoms with E-state index in [0.717, 1.165) is 55.8 Å². The highest BCUT2D eigenvalue weighted by Crippen LogP contribution is 2.43. The lowest BCUT2D eigenvalue weighted by atomic mass is 10.1. The van der Waals surface area contributed by atoms with Crippen LogP contribution in [0.4, 0.5) is 5.82 Å². The zero-order valence-corrected chi connectivity index (χ0v) is 21.3. The Morgan fingerprint density at radius 2 is 2.14 bits per heavy atom. The summed E-state index contributed by atoms with van der Waals surface area (Å²) in [5, 5.41) is 1.99. The van der Waals surface area contributed by atoms with E-state index in [1.807, 2.05) is 30.0 Å². The predicted molar refractivity (Wildman–Crippen MR) is 142 cm³/mol. The molecule has 1 fully saturated rings. The van der Waals surface area contributed by atoms with Crippen LogP contribution in [-0.4, -0.2) is 71.1 Å². The number of hydrogen-bond acceptors (Lipinski definition) is 7. The minimum absolute atomic E-state index is 0.0483. The number of aromatic nitrogens is 3. The number of nitrogen functional groups attached to an aromatic ring is 1. The average Bonchev–Trinajstić information content (AvgIpc) is 3.54. The molecule has 0 aliphatic carbocycles. The molecule has 0 saturated carbocycles. The van der Waals surface area contributed by atoms with Crippen molar-refractivity contribution in [2.24, 2.45) is 0 Å². The van der Waals surface area contributed by atoms with Gasteiger partial charge < -0.3 is 24.8 Å². The van der Waals surface area contributed by atoms with Crippen molar-refractivity contribution in [1.82, 2.24) is 24.3 Å². The molecule has 1 atom stereocenters. The molecule has 9 heteroatoms. The lowest BCUT2D eigenvalue weighted by molar-refractivity contribution is -0.125. The van der Waals surface area contributed by atoms with Crippen LogP contribution in [0.25, 0.3) is 31.6 Å². The standard InChI is InChI=1S/C26H30N6O2S/c1-16-10-17-12-21(35-24(17)20(11-16)34-4)19-14-32(26-23(19)25(27)28-15-29-26)18-7-9-31(13-18)22(33)6-5-8-30(2)3/h5-6,10-12,14-15,18H,7-9,13H2,1-4H3,(H2,27,28,29)/b6-5+/t18-/m0/s1. The van der Waals surface area contributed by atoms with Crippen molar-refractivity contribution in [3.05, 3.63) is 48.4 Å². The van der Waals surface area contributed by atoms with Crippen molar-refractivity contribution >= 4 is 44.2 Å². The fourth-order valence-electron chi connectivity index (χ4n) is 4.76. The van der Waals surface area contributed by atoms with Gasteiger partial charge in [-0.05, 0) is 50.5 Å². The smallest absolute Gasteiger partial charge is 0.246 e. The highest BCUT2D eigenvalue weighted by Gasteiger charge is 2.29. The highest BCUT2D eigenvalue weighted by atomic mass is 32.1. The molecule has 1 aromatic carbocycles. The number of nitrogens with two attached hydrogens (primary N) is 1. The van der Waals surface area contributed by atoms with Gasteiger partial charge in [-0.3, -0.25) is 4.79 Å². The number of carbonyl (C=O) groups is 1. The third-order valence-electron chi connectivity index (χ3n) is 6.45. The number of hydrogen-bond donors (Lipinski definition) is 1. The van der Waals surface area contributed by atoms with Gasteiger partial charge >= 0.3 is 0 Å². The Kier molecular flexibility index (Phi) is 6.21. The molecule has 2 N–H and O–H groups in total. The molecule has 1 amide bonds. The van der Waals surface area contributed by atoms with Gasteiger partial charge in [0.15, 0.2) is 0 Å². The van der Waals surface area contributed by atoms with Crippen LogP contribution in [0.5, 0.6) is 5.75 Å². The Balaban J connectivity index is 1.52. The van der Waals surface area contributed by atoms with Crippen LogP contribution >= 0.6 is 11.3 Å². The Hall–Kier alpha value is -3.43. The number of thiophene rings is 1. The fourth-order valence-corrected chi connectivity index (χ4v) is 5.91. The molecule has 182 valence electrons. The van der Waals surface area contributed by atoms with Crippen molar-refractivity contribution in [2.75, 3.05) is 46.6 Å². The number of rotatable bonds is 6. The lowest BCUT2D eigenvalue weighted by Crippen LogP contribution is -2.27. The first kappa shape index (κ1) is 23.3. The van der Waals surface area contributed by atoms with E-state index in [0.29, 0.717) is 18.9 Å². The van der Waals surface area contributed by atoms with Gasteiger partial charge in [-0.2, -0.15) is 0 Å². The second-order valence-electron chi connectivity index (χ2n) is 9.30. The first-order valence-electron chi connectivity index (χ1n) is 11.7. The number of nitrogens with zero attached hydrogens (tertiary/aromatic N) is 5. The summed E-state index contributed by atoms with van der Waals surface area (Å²) in [6.07, 6.45) is 8.08. The summed E-state index contributed by atoms with van der Waals surface area (Å²) >= 11 is 1.68. The fraction of sp³-hybridized carbons (Fsp3) is 0.346. The normalized spacial score (nSPS) is 16.4. The minimum atomic E-state index is 0.0483. The molecule has 0 bridgehead atoms. The first-order valence-corrected chi connectivity index (χ1v) is 12.5. The van der Waals surface area contributed by atoms with E-state index < -0.39 is 0 Å². The van der Waals surface area contributed by atoms with Gasteiger partial charge in [0.25, 0.3) is 0 Å². The molecule has 35 heavy (non-hydrogen) atoms. The number of aryl methyl sites for hydroxylation is 1. The quantitative estimate of drug-likeness (QED) is 0.409. The molecule has 1 aliphatic heterocycles. The molecule has 1 aliphatic rings.